The molecule has 1 amide bonds. The molecular formula is C17H16N4O3S2. The molecule has 0 unspecified atom stereocenters. The topological polar surface area (TPSA) is 91.4 Å². The molecule has 0 fully saturated rings. The van der Waals surface area contributed by atoms with Crippen LogP contribution < -0.4 is 15.2 Å². The predicted octanol–water partition coefficient (Wildman–Crippen LogP) is 3.32. The van der Waals surface area contributed by atoms with Crippen LogP contribution in [0.4, 0.5) is 17.1 Å². The van der Waals surface area contributed by atoms with E-state index in [0.29, 0.717) is 17.1 Å². The van der Waals surface area contributed by atoms with Crippen LogP contribution >= 0.6 is 11.3 Å². The minimum absolute atomic E-state index is 0.222. The molecule has 2 N–H and O–H groups in total. The van der Waals surface area contributed by atoms with Crippen LogP contribution in [0.1, 0.15) is 6.92 Å². The highest BCUT2D eigenvalue weighted by Gasteiger charge is 2.16. The Morgan fingerprint density at radius 1 is 1.08 bits per heavy atom. The van der Waals surface area contributed by atoms with Crippen LogP contribution in [0.15, 0.2) is 70.5 Å². The van der Waals surface area contributed by atoms with Crippen LogP contribution in [-0.2, 0) is 14.8 Å². The maximum absolute atomic E-state index is 12.3. The number of anilines is 3. The van der Waals surface area contributed by atoms with Crippen LogP contribution in [0.5, 0.6) is 0 Å². The number of benzene rings is 1. The number of hydrogen-bond donors (Lipinski definition) is 2. The third-order valence-corrected chi connectivity index (χ3v) is 6.13. The van der Waals surface area contributed by atoms with Crippen LogP contribution in [-0.4, -0.2) is 19.3 Å². The molecule has 0 spiro atoms. The van der Waals surface area contributed by atoms with Crippen molar-refractivity contribution < 1.29 is 13.2 Å². The molecule has 26 heavy (non-hydrogen) atoms. The summed E-state index contributed by atoms with van der Waals surface area (Å²) in [4.78, 5) is 15.9. The molecule has 7 nitrogen and oxygen atoms in total. The number of nitrogens with one attached hydrogen (secondary N) is 2. The monoisotopic (exact) mass is 388 g/mol. The van der Waals surface area contributed by atoms with Crippen LogP contribution in [0.3, 0.4) is 0 Å². The second-order valence-corrected chi connectivity index (χ2v) is 8.15. The highest BCUT2D eigenvalue weighted by atomic mass is 32.2. The van der Waals surface area contributed by atoms with E-state index >= 15 is 0 Å². The SMILES string of the molecule is CC(=O)N(Nc1cccc(NS(=O)(=O)c2cccs2)c1)c1ccncc1. The average molecular weight is 388 g/mol. The van der Waals surface area contributed by atoms with E-state index in [2.05, 4.69) is 15.1 Å². The highest BCUT2D eigenvalue weighted by molar-refractivity contribution is 7.94. The highest BCUT2D eigenvalue weighted by Crippen LogP contribution is 2.23. The van der Waals surface area contributed by atoms with Crippen molar-refractivity contribution in [1.82, 2.24) is 4.98 Å². The molecule has 3 rings (SSSR count). The maximum Gasteiger partial charge on any atom is 0.271 e. The van der Waals surface area contributed by atoms with Gasteiger partial charge in [0.15, 0.2) is 0 Å². The van der Waals surface area contributed by atoms with Gasteiger partial charge in [0, 0.05) is 19.3 Å². The van der Waals surface area contributed by atoms with E-state index in [-0.39, 0.29) is 10.1 Å². The van der Waals surface area contributed by atoms with Gasteiger partial charge in [0.25, 0.3) is 10.0 Å². The summed E-state index contributed by atoms with van der Waals surface area (Å²) in [6, 6.07) is 13.3. The van der Waals surface area contributed by atoms with Crippen LogP contribution in [0, 0.1) is 0 Å². The number of amides is 1. The van der Waals surface area contributed by atoms with Gasteiger partial charge in [-0.15, -0.1) is 11.3 Å². The molecular weight excluding hydrogens is 372 g/mol. The summed E-state index contributed by atoms with van der Waals surface area (Å²) in [5.41, 5.74) is 4.55. The Bertz CT molecular complexity index is 990. The molecule has 2 heterocycles. The standard InChI is InChI=1S/C17H16N4O3S2/c1-13(22)21(16-7-9-18-10-8-16)19-14-4-2-5-15(12-14)20-26(23,24)17-6-3-11-25-17/h2-12,19-20H,1H3. The molecule has 1 aromatic carbocycles. The first-order valence-corrected chi connectivity index (χ1v) is 9.96. The fraction of sp³-hybridized carbons (Fsp3) is 0.0588. The van der Waals surface area contributed by atoms with Crippen LogP contribution in [0.2, 0.25) is 0 Å². The van der Waals surface area contributed by atoms with E-state index in [4.69, 9.17) is 0 Å². The summed E-state index contributed by atoms with van der Waals surface area (Å²) in [7, 11) is -3.63. The number of sulfonamides is 1. The molecule has 0 aliphatic rings. The Morgan fingerprint density at radius 3 is 2.46 bits per heavy atom. The van der Waals surface area contributed by atoms with E-state index < -0.39 is 10.0 Å². The van der Waals surface area contributed by atoms with Gasteiger partial charge in [0.1, 0.15) is 4.21 Å². The van der Waals surface area contributed by atoms with Gasteiger partial charge in [-0.3, -0.25) is 19.9 Å². The van der Waals surface area contributed by atoms with Gasteiger partial charge in [0.2, 0.25) is 5.91 Å². The normalized spacial score (nSPS) is 11.0. The summed E-state index contributed by atoms with van der Waals surface area (Å²) >= 11 is 1.14. The number of carbonyl (C=O) groups excluding carboxylic acids is 1. The Balaban J connectivity index is 1.82. The molecule has 0 radical (unpaired) electrons. The minimum Gasteiger partial charge on any atom is -0.291 e. The number of rotatable bonds is 6. The first-order valence-electron chi connectivity index (χ1n) is 7.59. The summed E-state index contributed by atoms with van der Waals surface area (Å²) in [6.45, 7) is 1.43. The number of carbonyl (C=O) groups is 1. The number of nitrogens with zero attached hydrogens (tertiary/aromatic N) is 2. The number of thiophene rings is 1. The van der Waals surface area contributed by atoms with E-state index in [1.54, 1.807) is 60.2 Å². The Labute approximate surface area is 155 Å². The summed E-state index contributed by atoms with van der Waals surface area (Å²) in [5, 5.41) is 3.06. The lowest BCUT2D eigenvalue weighted by atomic mass is 10.3. The lowest BCUT2D eigenvalue weighted by molar-refractivity contribution is -0.116. The number of hydrazine groups is 1. The average Bonchev–Trinajstić information content (AvgIpc) is 3.16. The van der Waals surface area contributed by atoms with Gasteiger partial charge in [-0.1, -0.05) is 12.1 Å². The first kappa shape index (κ1) is 17.9. The zero-order chi connectivity index (χ0) is 18.6. The number of aromatic nitrogens is 1. The van der Waals surface area contributed by atoms with Gasteiger partial charge in [-0.25, -0.2) is 13.4 Å². The lowest BCUT2D eigenvalue weighted by Gasteiger charge is -2.23. The van der Waals surface area contributed by atoms with Crippen molar-refractivity contribution in [2.45, 2.75) is 11.1 Å². The molecule has 9 heteroatoms. The molecule has 0 saturated heterocycles. The second kappa shape index (κ2) is 7.54. The summed E-state index contributed by atoms with van der Waals surface area (Å²) < 4.78 is 27.4. The minimum atomic E-state index is -3.63. The summed E-state index contributed by atoms with van der Waals surface area (Å²) in [5.74, 6) is -0.222. The van der Waals surface area contributed by atoms with Gasteiger partial charge in [0.05, 0.1) is 17.1 Å². The molecule has 0 aliphatic carbocycles. The quantitative estimate of drug-likeness (QED) is 0.632. The van der Waals surface area contributed by atoms with Crippen molar-refractivity contribution in [2.75, 3.05) is 15.2 Å². The number of hydrogen-bond acceptors (Lipinski definition) is 6. The molecule has 0 aliphatic heterocycles. The predicted molar refractivity (Wildman–Crippen MR) is 103 cm³/mol. The van der Waals surface area contributed by atoms with Crippen molar-refractivity contribution >= 4 is 44.3 Å². The zero-order valence-electron chi connectivity index (χ0n) is 13.8. The van der Waals surface area contributed by atoms with E-state index in [0.717, 1.165) is 11.3 Å². The third-order valence-electron chi connectivity index (χ3n) is 3.35. The fourth-order valence-electron chi connectivity index (χ4n) is 2.22. The molecule has 0 bridgehead atoms. The van der Waals surface area contributed by atoms with E-state index in [1.807, 2.05) is 0 Å². The molecule has 134 valence electrons. The largest absolute Gasteiger partial charge is 0.291 e. The number of pyridine rings is 1. The van der Waals surface area contributed by atoms with Gasteiger partial charge in [-0.2, -0.15) is 0 Å². The van der Waals surface area contributed by atoms with Crippen LogP contribution in [0.25, 0.3) is 0 Å². The van der Waals surface area contributed by atoms with Crippen molar-refractivity contribution in [3.05, 3.63) is 66.3 Å². The summed E-state index contributed by atoms with van der Waals surface area (Å²) in [6.07, 6.45) is 3.16. The maximum atomic E-state index is 12.3. The third kappa shape index (κ3) is 4.19. The Hall–Kier alpha value is -2.91. The molecule has 2 aromatic heterocycles. The zero-order valence-corrected chi connectivity index (χ0v) is 15.4. The second-order valence-electron chi connectivity index (χ2n) is 5.29. The molecule has 0 saturated carbocycles. The van der Waals surface area contributed by atoms with E-state index in [1.165, 1.54) is 18.0 Å². The van der Waals surface area contributed by atoms with Crippen molar-refractivity contribution in [3.63, 3.8) is 0 Å². The Kier molecular flexibility index (Phi) is 5.19. The smallest absolute Gasteiger partial charge is 0.271 e. The first-order chi connectivity index (χ1) is 12.5. The van der Waals surface area contributed by atoms with Gasteiger partial charge < -0.3 is 0 Å². The molecule has 0 atom stereocenters. The van der Waals surface area contributed by atoms with Gasteiger partial charge >= 0.3 is 0 Å². The van der Waals surface area contributed by atoms with Crippen molar-refractivity contribution in [3.8, 4) is 0 Å². The van der Waals surface area contributed by atoms with Crippen molar-refractivity contribution in [2.24, 2.45) is 0 Å². The van der Waals surface area contributed by atoms with E-state index in [9.17, 15) is 13.2 Å². The lowest BCUT2D eigenvalue weighted by Crippen LogP contribution is -2.34. The molecule has 3 aromatic rings. The fourth-order valence-corrected chi connectivity index (χ4v) is 4.26. The van der Waals surface area contributed by atoms with Gasteiger partial charge in [-0.05, 0) is 41.8 Å². The van der Waals surface area contributed by atoms with Crippen molar-refractivity contribution in [1.29, 1.82) is 0 Å². The Morgan fingerprint density at radius 2 is 1.81 bits per heavy atom.